The first-order chi connectivity index (χ1) is 4.75. The van der Waals surface area contributed by atoms with Crippen LogP contribution in [0.25, 0.3) is 0 Å². The second-order valence-corrected chi connectivity index (χ2v) is 4.12. The molecule has 0 aromatic carbocycles. The summed E-state index contributed by atoms with van der Waals surface area (Å²) in [5.41, 5.74) is 0.785. The number of likely N-dealkylation sites (tertiary alicyclic amines) is 1. The van der Waals surface area contributed by atoms with Crippen LogP contribution >= 0.6 is 0 Å². The minimum atomic E-state index is 0.785. The fraction of sp³-hybridized carbons (Fsp3) is 1.00. The van der Waals surface area contributed by atoms with Gasteiger partial charge in [0.1, 0.15) is 0 Å². The quantitative estimate of drug-likeness (QED) is 0.495. The molecule has 1 nitrogen and oxygen atoms in total. The molecule has 1 atom stereocenters. The predicted octanol–water partition coefficient (Wildman–Crippen LogP) is 1.88. The molecule has 58 valence electrons. The van der Waals surface area contributed by atoms with E-state index in [2.05, 4.69) is 18.9 Å². The highest BCUT2D eigenvalue weighted by Gasteiger charge is 2.49. The lowest BCUT2D eigenvalue weighted by Gasteiger charge is -2.37. The van der Waals surface area contributed by atoms with Gasteiger partial charge in [-0.2, -0.15) is 0 Å². The maximum absolute atomic E-state index is 2.52. The third-order valence-corrected chi connectivity index (χ3v) is 3.63. The smallest absolute Gasteiger partial charge is 0.0120 e. The third kappa shape index (κ3) is 0.800. The lowest BCUT2D eigenvalue weighted by molar-refractivity contribution is 0.118. The van der Waals surface area contributed by atoms with Crippen molar-refractivity contribution in [2.45, 2.75) is 38.6 Å². The van der Waals surface area contributed by atoms with E-state index in [1.807, 2.05) is 0 Å². The monoisotopic (exact) mass is 139 g/mol. The lowest BCUT2D eigenvalue weighted by atomic mass is 9.87. The molecule has 0 radical (unpaired) electrons. The number of hydrogen-bond donors (Lipinski definition) is 0. The van der Waals surface area contributed by atoms with E-state index in [9.17, 15) is 0 Å². The van der Waals surface area contributed by atoms with E-state index in [1.165, 1.54) is 32.2 Å². The van der Waals surface area contributed by atoms with Gasteiger partial charge in [-0.25, -0.2) is 0 Å². The van der Waals surface area contributed by atoms with Gasteiger partial charge in [0.05, 0.1) is 0 Å². The first-order valence-electron chi connectivity index (χ1n) is 4.45. The van der Waals surface area contributed by atoms with Crippen LogP contribution in [0.3, 0.4) is 0 Å². The zero-order valence-electron chi connectivity index (χ0n) is 7.06. The molecule has 1 aliphatic carbocycles. The van der Waals surface area contributed by atoms with Crippen molar-refractivity contribution in [2.75, 3.05) is 13.6 Å². The molecule has 1 heterocycles. The molecule has 1 heteroatoms. The third-order valence-electron chi connectivity index (χ3n) is 3.63. The average Bonchev–Trinajstić information content (AvgIpc) is 2.65. The fourth-order valence-electron chi connectivity index (χ4n) is 2.38. The molecule has 0 amide bonds. The Morgan fingerprint density at radius 1 is 1.30 bits per heavy atom. The molecule has 1 spiro atoms. The SMILES string of the molecule is C[C@H]1N(C)CCCC12CC2. The van der Waals surface area contributed by atoms with E-state index in [0.717, 1.165) is 11.5 Å². The molecular weight excluding hydrogens is 122 g/mol. The summed E-state index contributed by atoms with van der Waals surface area (Å²) in [4.78, 5) is 2.52. The second kappa shape index (κ2) is 1.97. The predicted molar refractivity (Wildman–Crippen MR) is 43.0 cm³/mol. The highest BCUT2D eigenvalue weighted by atomic mass is 15.1. The fourth-order valence-corrected chi connectivity index (χ4v) is 2.38. The van der Waals surface area contributed by atoms with E-state index < -0.39 is 0 Å². The summed E-state index contributed by atoms with van der Waals surface area (Å²) in [7, 11) is 2.27. The molecule has 10 heavy (non-hydrogen) atoms. The van der Waals surface area contributed by atoms with Gasteiger partial charge in [0.15, 0.2) is 0 Å². The molecule has 2 aliphatic rings. The molecule has 0 aromatic rings. The topological polar surface area (TPSA) is 3.24 Å². The Kier molecular flexibility index (Phi) is 1.31. The van der Waals surface area contributed by atoms with Crippen LogP contribution < -0.4 is 0 Å². The van der Waals surface area contributed by atoms with E-state index >= 15 is 0 Å². The molecule has 2 fully saturated rings. The van der Waals surface area contributed by atoms with E-state index in [0.29, 0.717) is 0 Å². The summed E-state index contributed by atoms with van der Waals surface area (Å²) >= 11 is 0. The van der Waals surface area contributed by atoms with Crippen molar-refractivity contribution in [3.63, 3.8) is 0 Å². The Balaban J connectivity index is 2.07. The van der Waals surface area contributed by atoms with Crippen molar-refractivity contribution in [2.24, 2.45) is 5.41 Å². The largest absolute Gasteiger partial charge is 0.303 e. The van der Waals surface area contributed by atoms with Gasteiger partial charge >= 0.3 is 0 Å². The van der Waals surface area contributed by atoms with Gasteiger partial charge in [-0.1, -0.05) is 0 Å². The van der Waals surface area contributed by atoms with Crippen LogP contribution in [0.4, 0.5) is 0 Å². The van der Waals surface area contributed by atoms with Crippen LogP contribution in [0.15, 0.2) is 0 Å². The average molecular weight is 139 g/mol. The Labute approximate surface area is 63.4 Å². The minimum absolute atomic E-state index is 0.785. The van der Waals surface area contributed by atoms with Gasteiger partial charge < -0.3 is 4.90 Å². The van der Waals surface area contributed by atoms with Gasteiger partial charge in [-0.3, -0.25) is 0 Å². The van der Waals surface area contributed by atoms with Gasteiger partial charge in [-0.05, 0) is 51.6 Å². The van der Waals surface area contributed by atoms with Crippen LogP contribution in [-0.2, 0) is 0 Å². The Hall–Kier alpha value is -0.0400. The van der Waals surface area contributed by atoms with E-state index in [-0.39, 0.29) is 0 Å². The van der Waals surface area contributed by atoms with Crippen molar-refractivity contribution < 1.29 is 0 Å². The number of rotatable bonds is 0. The zero-order chi connectivity index (χ0) is 7.19. The van der Waals surface area contributed by atoms with Crippen LogP contribution in [0, 0.1) is 5.41 Å². The van der Waals surface area contributed by atoms with Crippen molar-refractivity contribution >= 4 is 0 Å². The number of piperidine rings is 1. The van der Waals surface area contributed by atoms with Gasteiger partial charge in [-0.15, -0.1) is 0 Å². The van der Waals surface area contributed by atoms with Crippen LogP contribution in [0.5, 0.6) is 0 Å². The maximum Gasteiger partial charge on any atom is 0.0120 e. The summed E-state index contributed by atoms with van der Waals surface area (Å²) in [6.07, 6.45) is 5.93. The highest BCUT2D eigenvalue weighted by Crippen LogP contribution is 2.55. The minimum Gasteiger partial charge on any atom is -0.303 e. The maximum atomic E-state index is 2.52. The Morgan fingerprint density at radius 2 is 2.00 bits per heavy atom. The molecular formula is C9H17N. The van der Waals surface area contributed by atoms with Crippen LogP contribution in [0.1, 0.15) is 32.6 Å². The number of nitrogens with zero attached hydrogens (tertiary/aromatic N) is 1. The Bertz CT molecular complexity index is 138. The van der Waals surface area contributed by atoms with Crippen LogP contribution in [0.2, 0.25) is 0 Å². The summed E-state index contributed by atoms with van der Waals surface area (Å²) < 4.78 is 0. The normalized spacial score (nSPS) is 38.4. The van der Waals surface area contributed by atoms with Crippen molar-refractivity contribution in [3.05, 3.63) is 0 Å². The first kappa shape index (κ1) is 6.66. The Morgan fingerprint density at radius 3 is 2.50 bits per heavy atom. The van der Waals surface area contributed by atoms with Gasteiger partial charge in [0.2, 0.25) is 0 Å². The molecule has 0 unspecified atom stereocenters. The number of hydrogen-bond acceptors (Lipinski definition) is 1. The van der Waals surface area contributed by atoms with E-state index in [4.69, 9.17) is 0 Å². The van der Waals surface area contributed by atoms with Gasteiger partial charge in [0, 0.05) is 6.04 Å². The summed E-state index contributed by atoms with van der Waals surface area (Å²) in [6.45, 7) is 3.72. The summed E-state index contributed by atoms with van der Waals surface area (Å²) in [6, 6.07) is 0.862. The van der Waals surface area contributed by atoms with Crippen molar-refractivity contribution in [1.82, 2.24) is 4.90 Å². The van der Waals surface area contributed by atoms with Gasteiger partial charge in [0.25, 0.3) is 0 Å². The molecule has 1 saturated carbocycles. The van der Waals surface area contributed by atoms with Crippen molar-refractivity contribution in [1.29, 1.82) is 0 Å². The molecule has 2 rings (SSSR count). The second-order valence-electron chi connectivity index (χ2n) is 4.12. The first-order valence-corrected chi connectivity index (χ1v) is 4.45. The molecule has 0 N–H and O–H groups in total. The lowest BCUT2D eigenvalue weighted by Crippen LogP contribution is -2.41. The van der Waals surface area contributed by atoms with Crippen LogP contribution in [-0.4, -0.2) is 24.5 Å². The molecule has 1 saturated heterocycles. The highest BCUT2D eigenvalue weighted by molar-refractivity contribution is 5.02. The molecule has 0 bridgehead atoms. The summed E-state index contributed by atoms with van der Waals surface area (Å²) in [5.74, 6) is 0. The molecule has 0 aromatic heterocycles. The zero-order valence-corrected chi connectivity index (χ0v) is 7.06. The van der Waals surface area contributed by atoms with Crippen molar-refractivity contribution in [3.8, 4) is 0 Å². The summed E-state index contributed by atoms with van der Waals surface area (Å²) in [5, 5.41) is 0. The molecule has 1 aliphatic heterocycles. The van der Waals surface area contributed by atoms with E-state index in [1.54, 1.807) is 0 Å². The standard InChI is InChI=1S/C9H17N/c1-8-9(5-6-9)4-3-7-10(8)2/h8H,3-7H2,1-2H3/t8-/m1/s1.